The van der Waals surface area contributed by atoms with Gasteiger partial charge in [-0.05, 0) is 81.4 Å². The molecule has 1 unspecified atom stereocenters. The minimum Gasteiger partial charge on any atom is -0.508 e. The molecule has 2 heterocycles. The quantitative estimate of drug-likeness (QED) is 0.580. The smallest absolute Gasteiger partial charge is 0.262 e. The lowest BCUT2D eigenvalue weighted by Gasteiger charge is -2.36. The second-order valence-electron chi connectivity index (χ2n) is 9.98. The van der Waals surface area contributed by atoms with Crippen LogP contribution < -0.4 is 4.90 Å². The van der Waals surface area contributed by atoms with Crippen LogP contribution in [0, 0.1) is 0 Å². The number of rotatable bonds is 3. The third-order valence-electron chi connectivity index (χ3n) is 7.40. The Morgan fingerprint density at radius 3 is 2.63 bits per heavy atom. The fraction of sp³-hybridized carbons (Fsp3) is 0.414. The van der Waals surface area contributed by atoms with E-state index in [0.29, 0.717) is 6.04 Å². The number of carbonyl (C=O) groups excluding carboxylic acids is 1. The Bertz CT molecular complexity index is 1240. The lowest BCUT2D eigenvalue weighted by atomic mass is 9.92. The standard InChI is InChI=1S/C29H33N3O3/c1-18-6-5-9-27(30-22-7-3-4-8-22)31-28(18)21-12-15-25-20(16-21)11-10-19(2)32(25)29(35)24-14-13-23(33)17-26(24)34/h6,12-17,19,22,33-34H,3-5,7-11H2,1-2H3. The molecule has 2 aromatic rings. The molecule has 35 heavy (non-hydrogen) atoms. The first-order valence-electron chi connectivity index (χ1n) is 12.7. The molecule has 0 spiro atoms. The van der Waals surface area contributed by atoms with Gasteiger partial charge in [-0.3, -0.25) is 9.79 Å². The van der Waals surface area contributed by atoms with Crippen molar-refractivity contribution in [3.63, 3.8) is 0 Å². The van der Waals surface area contributed by atoms with Crippen LogP contribution in [0.1, 0.15) is 80.3 Å². The third-order valence-corrected chi connectivity index (χ3v) is 7.40. The van der Waals surface area contributed by atoms with E-state index in [1.165, 1.54) is 31.0 Å². The predicted molar refractivity (Wildman–Crippen MR) is 140 cm³/mol. The molecule has 6 heteroatoms. The van der Waals surface area contributed by atoms with Crippen molar-refractivity contribution in [1.29, 1.82) is 0 Å². The second-order valence-corrected chi connectivity index (χ2v) is 9.98. The molecule has 0 radical (unpaired) electrons. The number of amidine groups is 1. The normalized spacial score (nSPS) is 21.9. The van der Waals surface area contributed by atoms with Gasteiger partial charge in [-0.2, -0.15) is 0 Å². The zero-order valence-corrected chi connectivity index (χ0v) is 20.5. The summed E-state index contributed by atoms with van der Waals surface area (Å²) >= 11 is 0. The molecule has 1 saturated carbocycles. The van der Waals surface area contributed by atoms with Crippen LogP contribution in [0.25, 0.3) is 0 Å². The number of aromatic hydroxyl groups is 2. The van der Waals surface area contributed by atoms with Gasteiger partial charge in [-0.1, -0.05) is 25.0 Å². The number of phenols is 2. The summed E-state index contributed by atoms with van der Waals surface area (Å²) in [5.74, 6) is 0.399. The Kier molecular flexibility index (Phi) is 6.46. The van der Waals surface area contributed by atoms with Crippen molar-refractivity contribution >= 4 is 23.1 Å². The van der Waals surface area contributed by atoms with Gasteiger partial charge in [0.1, 0.15) is 17.3 Å². The molecule has 2 N–H and O–H groups in total. The maximum absolute atomic E-state index is 13.4. The topological polar surface area (TPSA) is 85.5 Å². The van der Waals surface area contributed by atoms with Gasteiger partial charge in [0.2, 0.25) is 0 Å². The lowest BCUT2D eigenvalue weighted by Crippen LogP contribution is -2.42. The average Bonchev–Trinajstić information content (AvgIpc) is 3.27. The summed E-state index contributed by atoms with van der Waals surface area (Å²) in [6, 6.07) is 10.7. The highest BCUT2D eigenvalue weighted by Gasteiger charge is 2.31. The van der Waals surface area contributed by atoms with Crippen LogP contribution in [0.2, 0.25) is 0 Å². The number of aryl methyl sites for hydroxylation is 1. The first kappa shape index (κ1) is 23.3. The van der Waals surface area contributed by atoms with Crippen LogP contribution >= 0.6 is 0 Å². The second kappa shape index (κ2) is 9.68. The van der Waals surface area contributed by atoms with E-state index in [4.69, 9.17) is 9.98 Å². The van der Waals surface area contributed by atoms with E-state index in [1.54, 1.807) is 4.90 Å². The van der Waals surface area contributed by atoms with E-state index in [1.807, 2.05) is 19.1 Å². The van der Waals surface area contributed by atoms with E-state index in [9.17, 15) is 15.0 Å². The minimum absolute atomic E-state index is 0.00365. The molecule has 2 aromatic carbocycles. The number of anilines is 1. The van der Waals surface area contributed by atoms with Crippen LogP contribution in [0.15, 0.2) is 58.0 Å². The third kappa shape index (κ3) is 4.75. The molecule has 0 bridgehead atoms. The molecule has 6 nitrogen and oxygen atoms in total. The molecule has 1 atom stereocenters. The van der Waals surface area contributed by atoms with Gasteiger partial charge in [-0.25, -0.2) is 4.99 Å². The molecule has 0 aromatic heterocycles. The van der Waals surface area contributed by atoms with Gasteiger partial charge in [-0.15, -0.1) is 0 Å². The van der Waals surface area contributed by atoms with Gasteiger partial charge in [0, 0.05) is 29.8 Å². The number of hydrogen-bond acceptors (Lipinski definition) is 4. The maximum Gasteiger partial charge on any atom is 0.262 e. The van der Waals surface area contributed by atoms with Gasteiger partial charge in [0.25, 0.3) is 5.91 Å². The van der Waals surface area contributed by atoms with E-state index in [2.05, 4.69) is 19.1 Å². The van der Waals surface area contributed by atoms with Crippen LogP contribution in [0.4, 0.5) is 5.69 Å². The van der Waals surface area contributed by atoms with Crippen molar-refractivity contribution in [2.75, 3.05) is 4.90 Å². The summed E-state index contributed by atoms with van der Waals surface area (Å²) in [6.07, 6.45) is 10.6. The van der Waals surface area contributed by atoms with E-state index in [0.717, 1.165) is 72.5 Å². The van der Waals surface area contributed by atoms with Gasteiger partial charge >= 0.3 is 0 Å². The van der Waals surface area contributed by atoms with E-state index in [-0.39, 0.29) is 29.0 Å². The zero-order chi connectivity index (χ0) is 24.5. The van der Waals surface area contributed by atoms with Crippen molar-refractivity contribution < 1.29 is 15.0 Å². The number of hydrogen-bond donors (Lipinski definition) is 2. The van der Waals surface area contributed by atoms with Crippen molar-refractivity contribution in [3.8, 4) is 11.5 Å². The summed E-state index contributed by atoms with van der Waals surface area (Å²) in [4.78, 5) is 25.2. The summed E-state index contributed by atoms with van der Waals surface area (Å²) in [6.45, 7) is 4.14. The Morgan fingerprint density at radius 2 is 1.86 bits per heavy atom. The van der Waals surface area contributed by atoms with E-state index >= 15 is 0 Å². The first-order valence-corrected chi connectivity index (χ1v) is 12.7. The maximum atomic E-state index is 13.4. The average molecular weight is 472 g/mol. The number of fused-ring (bicyclic) bond motifs is 1. The van der Waals surface area contributed by atoms with Gasteiger partial charge < -0.3 is 15.1 Å². The first-order chi connectivity index (χ1) is 16.9. The van der Waals surface area contributed by atoms with Crippen LogP contribution in [0.5, 0.6) is 11.5 Å². The molecule has 5 rings (SSSR count). The van der Waals surface area contributed by atoms with Crippen LogP contribution in [0.3, 0.4) is 0 Å². The van der Waals surface area contributed by atoms with Crippen molar-refractivity contribution in [3.05, 3.63) is 64.7 Å². The lowest BCUT2D eigenvalue weighted by molar-refractivity contribution is 0.0972. The molecular formula is C29H33N3O3. The Hall–Kier alpha value is -3.41. The number of nitrogens with zero attached hydrogens (tertiary/aromatic N) is 3. The Morgan fingerprint density at radius 1 is 1.06 bits per heavy atom. The molecular weight excluding hydrogens is 438 g/mol. The van der Waals surface area contributed by atoms with Crippen LogP contribution in [-0.2, 0) is 6.42 Å². The molecule has 2 aliphatic heterocycles. The fourth-order valence-corrected chi connectivity index (χ4v) is 5.46. The van der Waals surface area contributed by atoms with E-state index < -0.39 is 0 Å². The predicted octanol–water partition coefficient (Wildman–Crippen LogP) is 5.95. The number of amides is 1. The Labute approximate surface area is 206 Å². The highest BCUT2D eigenvalue weighted by molar-refractivity contribution is 6.18. The Balaban J connectivity index is 1.50. The van der Waals surface area contributed by atoms with Gasteiger partial charge in [0.05, 0.1) is 17.3 Å². The number of allylic oxidation sites excluding steroid dienone is 2. The number of phenolic OH excluding ortho intramolecular Hbond substituents is 2. The van der Waals surface area contributed by atoms with Gasteiger partial charge in [0.15, 0.2) is 0 Å². The zero-order valence-electron chi connectivity index (χ0n) is 20.5. The summed E-state index contributed by atoms with van der Waals surface area (Å²) in [7, 11) is 0. The fourth-order valence-electron chi connectivity index (χ4n) is 5.46. The number of carbonyl (C=O) groups is 1. The molecule has 1 aliphatic carbocycles. The summed E-state index contributed by atoms with van der Waals surface area (Å²) < 4.78 is 0. The molecule has 1 amide bonds. The SMILES string of the molecule is CC1=CCCC(=NC2CCCC2)N=C1c1ccc2c(c1)CCC(C)N2C(=O)c1ccc(O)cc1O. The minimum atomic E-state index is -0.266. The number of benzene rings is 2. The summed E-state index contributed by atoms with van der Waals surface area (Å²) in [5, 5.41) is 19.9. The van der Waals surface area contributed by atoms with Crippen LogP contribution in [-0.4, -0.2) is 39.8 Å². The largest absolute Gasteiger partial charge is 0.508 e. The monoisotopic (exact) mass is 471 g/mol. The molecule has 3 aliphatic rings. The van der Waals surface area contributed by atoms with Crippen molar-refractivity contribution in [2.45, 2.75) is 77.3 Å². The van der Waals surface area contributed by atoms with Crippen molar-refractivity contribution in [1.82, 2.24) is 0 Å². The molecule has 0 saturated heterocycles. The molecule has 182 valence electrons. The van der Waals surface area contributed by atoms with Crippen molar-refractivity contribution in [2.24, 2.45) is 9.98 Å². The molecule has 1 fully saturated rings. The number of aliphatic imine (C=N–C) groups is 2. The highest BCUT2D eigenvalue weighted by Crippen LogP contribution is 2.35. The summed E-state index contributed by atoms with van der Waals surface area (Å²) in [5.41, 5.74) is 5.32. The highest BCUT2D eigenvalue weighted by atomic mass is 16.3.